The maximum atomic E-state index is 10.1. The van der Waals surface area contributed by atoms with Gasteiger partial charge in [-0.2, -0.15) is 10.3 Å². The summed E-state index contributed by atoms with van der Waals surface area (Å²) < 4.78 is 0. The van der Waals surface area contributed by atoms with E-state index >= 15 is 0 Å². The number of fused-ring (bicyclic) bond motifs is 5. The highest BCUT2D eigenvalue weighted by Gasteiger charge is 2.58. The molecular formula is C20H30N2O. The van der Waals surface area contributed by atoms with E-state index in [2.05, 4.69) is 18.8 Å². The number of rotatable bonds is 0. The first-order valence-electron chi connectivity index (χ1n) is 9.59. The molecule has 7 atom stereocenters. The van der Waals surface area contributed by atoms with Gasteiger partial charge in [-0.3, -0.25) is 0 Å². The quantitative estimate of drug-likeness (QED) is 0.677. The zero-order valence-corrected chi connectivity index (χ0v) is 14.6. The van der Waals surface area contributed by atoms with E-state index in [1.807, 2.05) is 6.19 Å². The Morgan fingerprint density at radius 3 is 2.74 bits per heavy atom. The second-order valence-corrected chi connectivity index (χ2v) is 9.44. The summed E-state index contributed by atoms with van der Waals surface area (Å²) in [6, 6.07) is 0. The molecule has 4 saturated carbocycles. The first-order chi connectivity index (χ1) is 11.0. The Morgan fingerprint density at radius 1 is 1.13 bits per heavy atom. The van der Waals surface area contributed by atoms with Gasteiger partial charge in [-0.15, -0.1) is 0 Å². The van der Waals surface area contributed by atoms with Crippen LogP contribution in [0, 0.1) is 46.0 Å². The lowest BCUT2D eigenvalue weighted by Crippen LogP contribution is -2.53. The standard InChI is InChI=1S/C20H30N2O/c1-19-7-6-17-16(18(19)10-14(11-19)22-12-21)4-3-13-9-15(23)5-8-20(13,17)2/h13,15-18,23H,3-11H2,1-2H3/t13?,15-,16-,17?,18?,19-,20+/m0/s1. The molecular weight excluding hydrogens is 284 g/mol. The van der Waals surface area contributed by atoms with Gasteiger partial charge in [-0.1, -0.05) is 13.8 Å². The van der Waals surface area contributed by atoms with Crippen molar-refractivity contribution in [1.82, 2.24) is 0 Å². The lowest BCUT2D eigenvalue weighted by molar-refractivity contribution is -0.120. The Kier molecular flexibility index (Phi) is 3.61. The molecule has 0 radical (unpaired) electrons. The molecule has 0 spiro atoms. The van der Waals surface area contributed by atoms with E-state index < -0.39 is 0 Å². The van der Waals surface area contributed by atoms with Crippen molar-refractivity contribution in [1.29, 1.82) is 5.26 Å². The second-order valence-electron chi connectivity index (χ2n) is 9.44. The molecule has 23 heavy (non-hydrogen) atoms. The van der Waals surface area contributed by atoms with E-state index in [-0.39, 0.29) is 6.10 Å². The van der Waals surface area contributed by atoms with Crippen molar-refractivity contribution in [3.63, 3.8) is 0 Å². The van der Waals surface area contributed by atoms with Gasteiger partial charge in [0.25, 0.3) is 0 Å². The molecule has 0 aromatic carbocycles. The van der Waals surface area contributed by atoms with Crippen LogP contribution in [0.1, 0.15) is 71.6 Å². The number of aliphatic hydroxyl groups is 1. The zero-order valence-electron chi connectivity index (χ0n) is 14.6. The minimum atomic E-state index is -0.0562. The molecule has 0 amide bonds. The van der Waals surface area contributed by atoms with Crippen molar-refractivity contribution in [2.75, 3.05) is 0 Å². The molecule has 1 N–H and O–H groups in total. The number of aliphatic imine (C=N–C) groups is 1. The average Bonchev–Trinajstić information content (AvgIpc) is 2.84. The van der Waals surface area contributed by atoms with Crippen LogP contribution in [0.2, 0.25) is 0 Å². The molecule has 126 valence electrons. The molecule has 0 saturated heterocycles. The van der Waals surface area contributed by atoms with Crippen LogP contribution in [0.4, 0.5) is 0 Å². The van der Waals surface area contributed by atoms with Gasteiger partial charge in [0.2, 0.25) is 6.19 Å². The normalized spacial score (nSPS) is 54.0. The third-order valence-corrected chi connectivity index (χ3v) is 8.43. The fraction of sp³-hybridized carbons (Fsp3) is 0.900. The summed E-state index contributed by atoms with van der Waals surface area (Å²) >= 11 is 0. The van der Waals surface area contributed by atoms with Crippen LogP contribution in [-0.2, 0) is 0 Å². The molecule has 4 rings (SSSR count). The van der Waals surface area contributed by atoms with Crippen LogP contribution >= 0.6 is 0 Å². The fourth-order valence-electron chi connectivity index (χ4n) is 7.20. The SMILES string of the molecule is C[C@@]12CCC3[C@H](CCC4C[C@@H](O)CC[C@]43C)C1CC(=NC#N)C2. The summed E-state index contributed by atoms with van der Waals surface area (Å²) in [5.74, 6) is 3.10. The molecule has 0 aliphatic heterocycles. The van der Waals surface area contributed by atoms with E-state index in [0.29, 0.717) is 10.8 Å². The maximum Gasteiger partial charge on any atom is 0.205 e. The van der Waals surface area contributed by atoms with Crippen LogP contribution < -0.4 is 0 Å². The van der Waals surface area contributed by atoms with E-state index in [0.717, 1.165) is 55.1 Å². The number of aliphatic hydroxyl groups excluding tert-OH is 1. The smallest absolute Gasteiger partial charge is 0.205 e. The molecule has 0 heterocycles. The summed E-state index contributed by atoms with van der Waals surface area (Å²) in [4.78, 5) is 4.13. The summed E-state index contributed by atoms with van der Waals surface area (Å²) in [5, 5.41) is 19.0. The third kappa shape index (κ3) is 2.29. The molecule has 0 aromatic heterocycles. The predicted molar refractivity (Wildman–Crippen MR) is 90.8 cm³/mol. The predicted octanol–water partition coefficient (Wildman–Crippen LogP) is 4.31. The summed E-state index contributed by atoms with van der Waals surface area (Å²) in [5.41, 5.74) is 1.99. The van der Waals surface area contributed by atoms with Crippen LogP contribution in [0.25, 0.3) is 0 Å². The van der Waals surface area contributed by atoms with Gasteiger partial charge in [0.1, 0.15) is 0 Å². The molecule has 4 fully saturated rings. The van der Waals surface area contributed by atoms with E-state index in [1.165, 1.54) is 32.1 Å². The minimum absolute atomic E-state index is 0.0562. The minimum Gasteiger partial charge on any atom is -0.393 e. The lowest BCUT2D eigenvalue weighted by atomic mass is 9.45. The Morgan fingerprint density at radius 2 is 1.96 bits per heavy atom. The zero-order chi connectivity index (χ0) is 16.2. The van der Waals surface area contributed by atoms with Gasteiger partial charge >= 0.3 is 0 Å². The van der Waals surface area contributed by atoms with Crippen molar-refractivity contribution in [3.05, 3.63) is 0 Å². The van der Waals surface area contributed by atoms with E-state index in [4.69, 9.17) is 5.26 Å². The number of nitriles is 1. The van der Waals surface area contributed by atoms with Gasteiger partial charge < -0.3 is 5.11 Å². The van der Waals surface area contributed by atoms with Crippen LogP contribution in [-0.4, -0.2) is 16.9 Å². The number of nitrogens with zero attached hydrogens (tertiary/aromatic N) is 2. The summed E-state index contributed by atoms with van der Waals surface area (Å²) in [6.07, 6.45) is 12.6. The number of hydrogen-bond donors (Lipinski definition) is 1. The first-order valence-corrected chi connectivity index (χ1v) is 9.59. The molecule has 0 aromatic rings. The molecule has 3 heteroatoms. The highest BCUT2D eigenvalue weighted by molar-refractivity contribution is 5.88. The van der Waals surface area contributed by atoms with Crippen molar-refractivity contribution in [2.45, 2.75) is 77.7 Å². The van der Waals surface area contributed by atoms with Crippen LogP contribution in [0.15, 0.2) is 4.99 Å². The molecule has 4 aliphatic carbocycles. The first kappa shape index (κ1) is 15.6. The highest BCUT2D eigenvalue weighted by atomic mass is 16.3. The van der Waals surface area contributed by atoms with Crippen molar-refractivity contribution in [3.8, 4) is 6.19 Å². The second kappa shape index (κ2) is 5.31. The molecule has 3 nitrogen and oxygen atoms in total. The third-order valence-electron chi connectivity index (χ3n) is 8.43. The highest BCUT2D eigenvalue weighted by Crippen LogP contribution is 2.65. The maximum absolute atomic E-state index is 10.1. The van der Waals surface area contributed by atoms with Gasteiger partial charge in [0, 0.05) is 5.71 Å². The van der Waals surface area contributed by atoms with Crippen molar-refractivity contribution < 1.29 is 5.11 Å². The van der Waals surface area contributed by atoms with E-state index in [9.17, 15) is 5.11 Å². The van der Waals surface area contributed by atoms with Gasteiger partial charge in [0.05, 0.1) is 6.10 Å². The van der Waals surface area contributed by atoms with Crippen molar-refractivity contribution >= 4 is 5.71 Å². The van der Waals surface area contributed by atoms with E-state index in [1.54, 1.807) is 0 Å². The largest absolute Gasteiger partial charge is 0.393 e. The molecule has 0 bridgehead atoms. The Bertz CT molecular complexity index is 564. The van der Waals surface area contributed by atoms with Crippen molar-refractivity contribution in [2.24, 2.45) is 39.5 Å². The fourth-order valence-corrected chi connectivity index (χ4v) is 7.20. The van der Waals surface area contributed by atoms with Gasteiger partial charge in [0.15, 0.2) is 0 Å². The van der Waals surface area contributed by atoms with Crippen LogP contribution in [0.3, 0.4) is 0 Å². The Labute approximate surface area is 140 Å². The molecule has 3 unspecified atom stereocenters. The topological polar surface area (TPSA) is 56.4 Å². The molecule has 4 aliphatic rings. The average molecular weight is 314 g/mol. The van der Waals surface area contributed by atoms with Gasteiger partial charge in [-0.05, 0) is 92.3 Å². The Balaban J connectivity index is 1.62. The lowest BCUT2D eigenvalue weighted by Gasteiger charge is -2.60. The Hall–Kier alpha value is -0.880. The van der Waals surface area contributed by atoms with Gasteiger partial charge in [-0.25, -0.2) is 0 Å². The number of hydrogen-bond acceptors (Lipinski definition) is 3. The monoisotopic (exact) mass is 314 g/mol. The van der Waals surface area contributed by atoms with Crippen LogP contribution in [0.5, 0.6) is 0 Å². The summed E-state index contributed by atoms with van der Waals surface area (Å²) in [7, 11) is 0. The summed E-state index contributed by atoms with van der Waals surface area (Å²) in [6.45, 7) is 4.98.